The third-order valence-corrected chi connectivity index (χ3v) is 3.81. The van der Waals surface area contributed by atoms with Crippen LogP contribution < -0.4 is 0 Å². The molecule has 0 N–H and O–H groups in total. The first kappa shape index (κ1) is 11.4. The van der Waals surface area contributed by atoms with E-state index in [4.69, 9.17) is 4.74 Å². The van der Waals surface area contributed by atoms with E-state index in [1.54, 1.807) is 7.11 Å². The maximum Gasteiger partial charge on any atom is 0.0467 e. The van der Waals surface area contributed by atoms with Crippen LogP contribution in [0.1, 0.15) is 33.1 Å². The normalized spacial score (nSPS) is 12.0. The van der Waals surface area contributed by atoms with Gasteiger partial charge in [0, 0.05) is 19.0 Å². The monoisotopic (exact) mass is 222 g/mol. The Bertz CT molecular complexity index is 81.3. The van der Waals surface area contributed by atoms with Crippen molar-refractivity contribution < 1.29 is 4.74 Å². The summed E-state index contributed by atoms with van der Waals surface area (Å²) in [5.41, 5.74) is 0.468. The van der Waals surface area contributed by atoms with Gasteiger partial charge < -0.3 is 4.74 Å². The highest BCUT2D eigenvalue weighted by molar-refractivity contribution is 9.09. The number of alkyl halides is 1. The SMILES string of the molecule is CCC(CC)(CBr)CCOC. The fraction of sp³-hybridized carbons (Fsp3) is 1.00. The molecule has 11 heavy (non-hydrogen) atoms. The molecule has 0 aromatic rings. The van der Waals surface area contributed by atoms with E-state index in [0.29, 0.717) is 5.41 Å². The summed E-state index contributed by atoms with van der Waals surface area (Å²) >= 11 is 3.57. The van der Waals surface area contributed by atoms with E-state index in [9.17, 15) is 0 Å². The van der Waals surface area contributed by atoms with Gasteiger partial charge in [0.1, 0.15) is 0 Å². The smallest absolute Gasteiger partial charge is 0.0467 e. The molecule has 0 rings (SSSR count). The van der Waals surface area contributed by atoms with Gasteiger partial charge in [0.05, 0.1) is 0 Å². The lowest BCUT2D eigenvalue weighted by Gasteiger charge is -2.28. The van der Waals surface area contributed by atoms with Crippen molar-refractivity contribution in [2.75, 3.05) is 19.0 Å². The molecule has 0 amide bonds. The minimum Gasteiger partial charge on any atom is -0.385 e. The number of ether oxygens (including phenoxy) is 1. The molecule has 0 unspecified atom stereocenters. The largest absolute Gasteiger partial charge is 0.385 e. The Morgan fingerprint density at radius 3 is 2.09 bits per heavy atom. The predicted octanol–water partition coefficient (Wildman–Crippen LogP) is 3.22. The average Bonchev–Trinajstić information content (AvgIpc) is 2.08. The van der Waals surface area contributed by atoms with Gasteiger partial charge >= 0.3 is 0 Å². The molecule has 0 heterocycles. The lowest BCUT2D eigenvalue weighted by atomic mass is 9.82. The lowest BCUT2D eigenvalue weighted by molar-refractivity contribution is 0.141. The fourth-order valence-electron chi connectivity index (χ4n) is 1.18. The minimum atomic E-state index is 0.468. The van der Waals surface area contributed by atoms with E-state index in [-0.39, 0.29) is 0 Å². The van der Waals surface area contributed by atoms with Crippen LogP contribution in [0.3, 0.4) is 0 Å². The first-order chi connectivity index (χ1) is 5.24. The van der Waals surface area contributed by atoms with Crippen LogP contribution in [0.15, 0.2) is 0 Å². The molecule has 2 heteroatoms. The van der Waals surface area contributed by atoms with Gasteiger partial charge in [-0.25, -0.2) is 0 Å². The highest BCUT2D eigenvalue weighted by Gasteiger charge is 2.23. The van der Waals surface area contributed by atoms with Gasteiger partial charge in [-0.3, -0.25) is 0 Å². The van der Waals surface area contributed by atoms with Crippen molar-refractivity contribution in [1.29, 1.82) is 0 Å². The number of hydrogen-bond donors (Lipinski definition) is 0. The Hall–Kier alpha value is 0.440. The van der Waals surface area contributed by atoms with Gasteiger partial charge in [-0.1, -0.05) is 29.8 Å². The summed E-state index contributed by atoms with van der Waals surface area (Å²) in [6.45, 7) is 5.38. The number of halogens is 1. The van der Waals surface area contributed by atoms with Crippen LogP contribution in [-0.4, -0.2) is 19.0 Å². The van der Waals surface area contributed by atoms with Crippen molar-refractivity contribution in [3.8, 4) is 0 Å². The maximum atomic E-state index is 5.08. The van der Waals surface area contributed by atoms with Crippen molar-refractivity contribution in [2.45, 2.75) is 33.1 Å². The van der Waals surface area contributed by atoms with Gasteiger partial charge in [-0.05, 0) is 24.7 Å². The van der Waals surface area contributed by atoms with E-state index in [1.165, 1.54) is 19.3 Å². The van der Waals surface area contributed by atoms with Gasteiger partial charge in [0.2, 0.25) is 0 Å². The van der Waals surface area contributed by atoms with Gasteiger partial charge in [0.15, 0.2) is 0 Å². The van der Waals surface area contributed by atoms with Gasteiger partial charge in [-0.2, -0.15) is 0 Å². The van der Waals surface area contributed by atoms with E-state index >= 15 is 0 Å². The van der Waals surface area contributed by atoms with Crippen molar-refractivity contribution in [2.24, 2.45) is 5.41 Å². The quantitative estimate of drug-likeness (QED) is 0.628. The standard InChI is InChI=1S/C9H19BrO/c1-4-9(5-2,8-10)6-7-11-3/h4-8H2,1-3H3. The first-order valence-corrected chi connectivity index (χ1v) is 5.41. The average molecular weight is 223 g/mol. The lowest BCUT2D eigenvalue weighted by Crippen LogP contribution is -2.22. The molecule has 0 aliphatic heterocycles. The third-order valence-electron chi connectivity index (χ3n) is 2.62. The fourth-order valence-corrected chi connectivity index (χ4v) is 2.25. The topological polar surface area (TPSA) is 9.23 Å². The molecule has 1 nitrogen and oxygen atoms in total. The second-order valence-electron chi connectivity index (χ2n) is 3.08. The highest BCUT2D eigenvalue weighted by Crippen LogP contribution is 2.32. The van der Waals surface area contributed by atoms with E-state index < -0.39 is 0 Å². The molecule has 0 bridgehead atoms. The molecule has 0 aromatic carbocycles. The van der Waals surface area contributed by atoms with E-state index in [0.717, 1.165) is 11.9 Å². The van der Waals surface area contributed by atoms with Gasteiger partial charge in [0.25, 0.3) is 0 Å². The summed E-state index contributed by atoms with van der Waals surface area (Å²) in [7, 11) is 1.77. The van der Waals surface area contributed by atoms with Crippen LogP contribution in [0.4, 0.5) is 0 Å². The highest BCUT2D eigenvalue weighted by atomic mass is 79.9. The summed E-state index contributed by atoms with van der Waals surface area (Å²) in [6, 6.07) is 0. The summed E-state index contributed by atoms with van der Waals surface area (Å²) in [5, 5.41) is 1.09. The zero-order valence-corrected chi connectivity index (χ0v) is 9.41. The van der Waals surface area contributed by atoms with Crippen LogP contribution in [0.25, 0.3) is 0 Å². The Morgan fingerprint density at radius 1 is 1.27 bits per heavy atom. The van der Waals surface area contributed by atoms with Gasteiger partial charge in [-0.15, -0.1) is 0 Å². The number of hydrogen-bond acceptors (Lipinski definition) is 1. The van der Waals surface area contributed by atoms with E-state index in [1.807, 2.05) is 0 Å². The molecule has 0 fully saturated rings. The predicted molar refractivity (Wildman–Crippen MR) is 53.3 cm³/mol. The first-order valence-electron chi connectivity index (χ1n) is 4.29. The summed E-state index contributed by atoms with van der Waals surface area (Å²) in [5.74, 6) is 0. The molecule has 0 atom stereocenters. The minimum absolute atomic E-state index is 0.468. The Kier molecular flexibility index (Phi) is 6.25. The van der Waals surface area contributed by atoms with Crippen molar-refractivity contribution >= 4 is 15.9 Å². The third kappa shape index (κ3) is 3.57. The summed E-state index contributed by atoms with van der Waals surface area (Å²) in [4.78, 5) is 0. The summed E-state index contributed by atoms with van der Waals surface area (Å²) < 4.78 is 5.08. The molecule has 0 saturated carbocycles. The van der Waals surface area contributed by atoms with Crippen LogP contribution in [0.5, 0.6) is 0 Å². The molecule has 68 valence electrons. The van der Waals surface area contributed by atoms with Crippen molar-refractivity contribution in [1.82, 2.24) is 0 Å². The Balaban J connectivity index is 3.84. The molecule has 0 aliphatic carbocycles. The molecule has 0 saturated heterocycles. The zero-order chi connectivity index (χ0) is 8.74. The zero-order valence-electron chi connectivity index (χ0n) is 7.82. The van der Waals surface area contributed by atoms with Crippen molar-refractivity contribution in [3.63, 3.8) is 0 Å². The molecular weight excluding hydrogens is 204 g/mol. The molecule has 0 aliphatic rings. The molecule has 0 aromatic heterocycles. The van der Waals surface area contributed by atoms with Crippen LogP contribution in [-0.2, 0) is 4.74 Å². The molecule has 0 spiro atoms. The number of rotatable bonds is 6. The molecule has 0 radical (unpaired) electrons. The van der Waals surface area contributed by atoms with Crippen LogP contribution in [0.2, 0.25) is 0 Å². The summed E-state index contributed by atoms with van der Waals surface area (Å²) in [6.07, 6.45) is 3.64. The second kappa shape index (κ2) is 6.01. The second-order valence-corrected chi connectivity index (χ2v) is 3.64. The Morgan fingerprint density at radius 2 is 1.82 bits per heavy atom. The molecular formula is C9H19BrO. The van der Waals surface area contributed by atoms with Crippen molar-refractivity contribution in [3.05, 3.63) is 0 Å². The Labute approximate surface area is 78.6 Å². The number of methoxy groups -OCH3 is 1. The van der Waals surface area contributed by atoms with Crippen LogP contribution in [0, 0.1) is 5.41 Å². The van der Waals surface area contributed by atoms with Crippen LogP contribution >= 0.6 is 15.9 Å². The van der Waals surface area contributed by atoms with E-state index in [2.05, 4.69) is 29.8 Å². The maximum absolute atomic E-state index is 5.08.